The number of benzene rings is 2. The molecule has 20 heavy (non-hydrogen) atoms. The quantitative estimate of drug-likeness (QED) is 0.594. The Bertz CT molecular complexity index is 607. The summed E-state index contributed by atoms with van der Waals surface area (Å²) in [7, 11) is 0. The lowest BCUT2D eigenvalue weighted by Gasteiger charge is -2.43. The summed E-state index contributed by atoms with van der Waals surface area (Å²) < 4.78 is 0. The number of hydrogen-bond acceptors (Lipinski definition) is 2. The van der Waals surface area contributed by atoms with Gasteiger partial charge in [-0.1, -0.05) is 48.5 Å². The maximum absolute atomic E-state index is 4.60. The monoisotopic (exact) mass is 296 g/mol. The molecule has 2 aromatic rings. The molecule has 0 radical (unpaired) electrons. The molecule has 3 aliphatic carbocycles. The van der Waals surface area contributed by atoms with Gasteiger partial charge < -0.3 is 0 Å². The molecule has 0 saturated heterocycles. The molecule has 0 aliphatic heterocycles. The minimum Gasteiger partial charge on any atom is -0.175 e. The lowest BCUT2D eigenvalue weighted by atomic mass is 9.61. The molecule has 0 saturated carbocycles. The van der Waals surface area contributed by atoms with Gasteiger partial charge in [-0.2, -0.15) is 25.3 Å². The van der Waals surface area contributed by atoms with Gasteiger partial charge in [-0.05, 0) is 33.4 Å². The Balaban J connectivity index is 2.07. The van der Waals surface area contributed by atoms with E-state index in [1.165, 1.54) is 33.4 Å². The predicted molar refractivity (Wildman–Crippen MR) is 91.3 cm³/mol. The van der Waals surface area contributed by atoms with E-state index >= 15 is 0 Å². The molecule has 0 nitrogen and oxygen atoms in total. The summed E-state index contributed by atoms with van der Waals surface area (Å²) in [6.45, 7) is 0. The van der Waals surface area contributed by atoms with E-state index in [4.69, 9.17) is 0 Å². The summed E-state index contributed by atoms with van der Waals surface area (Å²) in [4.78, 5) is 0. The minimum absolute atomic E-state index is 0.382. The molecule has 100 valence electrons. The third-order valence-corrected chi connectivity index (χ3v) is 5.37. The van der Waals surface area contributed by atoms with E-state index in [0.29, 0.717) is 11.8 Å². The topological polar surface area (TPSA) is 0 Å². The molecule has 0 N–H and O–H groups in total. The number of hydrogen-bond donors (Lipinski definition) is 2. The van der Waals surface area contributed by atoms with Gasteiger partial charge in [0.1, 0.15) is 0 Å². The highest BCUT2D eigenvalue weighted by atomic mass is 32.1. The van der Waals surface area contributed by atoms with Crippen molar-refractivity contribution in [2.24, 2.45) is 0 Å². The molecule has 0 spiro atoms. The zero-order chi connectivity index (χ0) is 13.7. The zero-order valence-corrected chi connectivity index (χ0v) is 12.9. The van der Waals surface area contributed by atoms with Crippen LogP contribution in [0.15, 0.2) is 59.7 Å². The second-order valence-corrected chi connectivity index (χ2v) is 6.12. The van der Waals surface area contributed by atoms with E-state index in [9.17, 15) is 0 Å². The first-order valence-corrected chi connectivity index (χ1v) is 8.24. The van der Waals surface area contributed by atoms with Gasteiger partial charge in [0.25, 0.3) is 0 Å². The van der Waals surface area contributed by atoms with Crippen LogP contribution in [0.25, 0.3) is 0 Å². The van der Waals surface area contributed by atoms with E-state index in [1.54, 1.807) is 0 Å². The van der Waals surface area contributed by atoms with Crippen LogP contribution in [0.4, 0.5) is 0 Å². The third kappa shape index (κ3) is 1.52. The predicted octanol–water partition coefficient (Wildman–Crippen LogP) is 4.43. The fraction of sp³-hybridized carbons (Fsp3) is 0.222. The highest BCUT2D eigenvalue weighted by Gasteiger charge is 2.41. The Morgan fingerprint density at radius 3 is 1.15 bits per heavy atom. The summed E-state index contributed by atoms with van der Waals surface area (Å²) in [6.07, 6.45) is 0. The summed E-state index contributed by atoms with van der Waals surface area (Å²) in [5.41, 5.74) is 8.78. The fourth-order valence-corrected chi connectivity index (χ4v) is 4.69. The van der Waals surface area contributed by atoms with Gasteiger partial charge in [0.05, 0.1) is 0 Å². The second-order valence-electron chi connectivity index (χ2n) is 5.49. The van der Waals surface area contributed by atoms with Crippen LogP contribution >= 0.6 is 25.3 Å². The Morgan fingerprint density at radius 2 is 0.900 bits per heavy atom. The molecule has 2 bridgehead atoms. The van der Waals surface area contributed by atoms with Gasteiger partial charge in [0, 0.05) is 23.3 Å². The molecule has 5 rings (SSSR count). The molecular formula is C18H16S2. The minimum atomic E-state index is 0.382. The average molecular weight is 296 g/mol. The van der Waals surface area contributed by atoms with Gasteiger partial charge in [-0.3, -0.25) is 0 Å². The van der Waals surface area contributed by atoms with Gasteiger partial charge >= 0.3 is 0 Å². The van der Waals surface area contributed by atoms with Gasteiger partial charge in [0.15, 0.2) is 0 Å². The van der Waals surface area contributed by atoms with E-state index in [2.05, 4.69) is 73.8 Å². The van der Waals surface area contributed by atoms with Crippen LogP contribution in [-0.4, -0.2) is 11.5 Å². The maximum atomic E-state index is 4.60. The maximum Gasteiger partial charge on any atom is 0.0316 e. The van der Waals surface area contributed by atoms with Crippen molar-refractivity contribution in [2.45, 2.75) is 11.8 Å². The first-order chi connectivity index (χ1) is 9.86. The van der Waals surface area contributed by atoms with Crippen LogP contribution in [0, 0.1) is 0 Å². The van der Waals surface area contributed by atoms with Crippen molar-refractivity contribution in [1.29, 1.82) is 0 Å². The Hall–Kier alpha value is -1.12. The smallest absolute Gasteiger partial charge is 0.0316 e. The first-order valence-electron chi connectivity index (χ1n) is 6.98. The number of thiol groups is 2. The lowest BCUT2D eigenvalue weighted by Crippen LogP contribution is -2.29. The zero-order valence-electron chi connectivity index (χ0n) is 11.1. The second kappa shape index (κ2) is 4.71. The molecular weight excluding hydrogens is 280 g/mol. The van der Waals surface area contributed by atoms with Gasteiger partial charge in [-0.25, -0.2) is 0 Å². The third-order valence-electron chi connectivity index (χ3n) is 4.69. The van der Waals surface area contributed by atoms with Crippen molar-refractivity contribution in [3.8, 4) is 0 Å². The molecule has 0 amide bonds. The summed E-state index contributed by atoms with van der Waals surface area (Å²) in [6, 6.07) is 17.7. The Kier molecular flexibility index (Phi) is 2.97. The van der Waals surface area contributed by atoms with Crippen LogP contribution in [0.5, 0.6) is 0 Å². The van der Waals surface area contributed by atoms with E-state index in [0.717, 1.165) is 11.5 Å². The van der Waals surface area contributed by atoms with Crippen LogP contribution < -0.4 is 0 Å². The molecule has 0 heterocycles. The van der Waals surface area contributed by atoms with Crippen LogP contribution in [0.2, 0.25) is 0 Å². The number of rotatable bonds is 2. The summed E-state index contributed by atoms with van der Waals surface area (Å²) in [5, 5.41) is 0. The molecule has 2 aromatic carbocycles. The van der Waals surface area contributed by atoms with E-state index in [-0.39, 0.29) is 0 Å². The van der Waals surface area contributed by atoms with Crippen molar-refractivity contribution in [3.63, 3.8) is 0 Å². The van der Waals surface area contributed by atoms with Gasteiger partial charge in [0.2, 0.25) is 0 Å². The SMILES string of the molecule is SCC1=C(CS)C2c3ccccc3C1c1ccccc12. The normalized spacial score (nSPS) is 22.7. The van der Waals surface area contributed by atoms with Crippen molar-refractivity contribution in [3.05, 3.63) is 81.9 Å². The standard InChI is InChI=1S/C18H16S2/c19-9-15-16(10-20)18-12-6-2-1-5-11(12)17(15)13-7-3-4-8-14(13)18/h1-8,17-20H,9-10H2. The summed E-state index contributed by atoms with van der Waals surface area (Å²) >= 11 is 9.20. The van der Waals surface area contributed by atoms with Crippen LogP contribution in [0.3, 0.4) is 0 Å². The first kappa shape index (κ1) is 12.6. The van der Waals surface area contributed by atoms with Gasteiger partial charge in [-0.15, -0.1) is 0 Å². The lowest BCUT2D eigenvalue weighted by molar-refractivity contribution is 0.733. The Labute approximate surface area is 130 Å². The molecule has 2 heteroatoms. The van der Waals surface area contributed by atoms with E-state index < -0.39 is 0 Å². The molecule has 0 aromatic heterocycles. The largest absolute Gasteiger partial charge is 0.175 e. The highest BCUT2D eigenvalue weighted by Crippen LogP contribution is 2.55. The average Bonchev–Trinajstić information content (AvgIpc) is 2.53. The van der Waals surface area contributed by atoms with Crippen LogP contribution in [0.1, 0.15) is 34.1 Å². The molecule has 0 fully saturated rings. The highest BCUT2D eigenvalue weighted by molar-refractivity contribution is 7.80. The van der Waals surface area contributed by atoms with Crippen molar-refractivity contribution >= 4 is 25.3 Å². The Morgan fingerprint density at radius 1 is 0.600 bits per heavy atom. The van der Waals surface area contributed by atoms with Crippen molar-refractivity contribution in [2.75, 3.05) is 11.5 Å². The molecule has 3 aliphatic rings. The summed E-state index contributed by atoms with van der Waals surface area (Å²) in [5.74, 6) is 2.40. The van der Waals surface area contributed by atoms with Crippen LogP contribution in [-0.2, 0) is 0 Å². The molecule has 0 unspecified atom stereocenters. The van der Waals surface area contributed by atoms with Crippen molar-refractivity contribution in [1.82, 2.24) is 0 Å². The molecule has 0 atom stereocenters. The fourth-order valence-electron chi connectivity index (χ4n) is 3.92. The van der Waals surface area contributed by atoms with Crippen molar-refractivity contribution < 1.29 is 0 Å². The van der Waals surface area contributed by atoms with E-state index in [1.807, 2.05) is 0 Å².